The second-order valence-corrected chi connectivity index (χ2v) is 5.83. The SMILES string of the molecule is CNC1COCC1c1nc(C2CCCCC2)nn1C. The molecule has 1 saturated heterocycles. The molecule has 2 fully saturated rings. The highest BCUT2D eigenvalue weighted by molar-refractivity contribution is 5.09. The number of hydrogen-bond donors (Lipinski definition) is 1. The minimum Gasteiger partial charge on any atom is -0.379 e. The summed E-state index contributed by atoms with van der Waals surface area (Å²) in [7, 11) is 4.00. The van der Waals surface area contributed by atoms with Crippen LogP contribution in [0.25, 0.3) is 0 Å². The molecule has 1 aliphatic heterocycles. The lowest BCUT2D eigenvalue weighted by Gasteiger charge is -2.18. The lowest BCUT2D eigenvalue weighted by Crippen LogP contribution is -2.32. The average Bonchev–Trinajstić information content (AvgIpc) is 3.05. The molecule has 3 rings (SSSR count). The van der Waals surface area contributed by atoms with Crippen LogP contribution in [0.1, 0.15) is 55.6 Å². The molecule has 1 aliphatic carbocycles. The van der Waals surface area contributed by atoms with Gasteiger partial charge in [-0.15, -0.1) is 0 Å². The van der Waals surface area contributed by atoms with Crippen molar-refractivity contribution in [2.75, 3.05) is 20.3 Å². The molecule has 5 heteroatoms. The Hall–Kier alpha value is -0.940. The molecule has 0 spiro atoms. The first-order chi connectivity index (χ1) is 9.29. The fourth-order valence-electron chi connectivity index (χ4n) is 3.37. The van der Waals surface area contributed by atoms with Gasteiger partial charge in [0.25, 0.3) is 0 Å². The molecule has 5 nitrogen and oxygen atoms in total. The molecule has 2 atom stereocenters. The average molecular weight is 264 g/mol. The third-order valence-corrected chi connectivity index (χ3v) is 4.57. The summed E-state index contributed by atoms with van der Waals surface area (Å²) in [6.45, 7) is 1.52. The van der Waals surface area contributed by atoms with E-state index >= 15 is 0 Å². The molecule has 106 valence electrons. The van der Waals surface area contributed by atoms with Crippen LogP contribution in [-0.2, 0) is 11.8 Å². The molecule has 2 heterocycles. The maximum absolute atomic E-state index is 5.58. The van der Waals surface area contributed by atoms with Crippen molar-refractivity contribution in [3.8, 4) is 0 Å². The summed E-state index contributed by atoms with van der Waals surface area (Å²) in [4.78, 5) is 4.85. The molecule has 0 bridgehead atoms. The van der Waals surface area contributed by atoms with Gasteiger partial charge in [-0.3, -0.25) is 4.68 Å². The van der Waals surface area contributed by atoms with Crippen LogP contribution in [0.4, 0.5) is 0 Å². The molecule has 0 radical (unpaired) electrons. The van der Waals surface area contributed by atoms with Gasteiger partial charge in [0.1, 0.15) is 5.82 Å². The van der Waals surface area contributed by atoms with E-state index in [1.165, 1.54) is 32.1 Å². The topological polar surface area (TPSA) is 52.0 Å². The van der Waals surface area contributed by atoms with Crippen molar-refractivity contribution in [3.05, 3.63) is 11.6 Å². The van der Waals surface area contributed by atoms with Crippen LogP contribution in [0, 0.1) is 0 Å². The van der Waals surface area contributed by atoms with Gasteiger partial charge in [0.05, 0.1) is 19.1 Å². The first-order valence-corrected chi connectivity index (χ1v) is 7.45. The van der Waals surface area contributed by atoms with Crippen molar-refractivity contribution in [3.63, 3.8) is 0 Å². The van der Waals surface area contributed by atoms with Gasteiger partial charge in [-0.1, -0.05) is 19.3 Å². The number of aryl methyl sites for hydroxylation is 1. The molecule has 19 heavy (non-hydrogen) atoms. The summed E-state index contributed by atoms with van der Waals surface area (Å²) in [5.41, 5.74) is 0. The molecule has 1 N–H and O–H groups in total. The zero-order valence-corrected chi connectivity index (χ0v) is 11.9. The highest BCUT2D eigenvalue weighted by atomic mass is 16.5. The van der Waals surface area contributed by atoms with Crippen LogP contribution in [-0.4, -0.2) is 41.1 Å². The molecule has 1 aromatic heterocycles. The van der Waals surface area contributed by atoms with Gasteiger partial charge in [0, 0.05) is 19.0 Å². The third kappa shape index (κ3) is 2.54. The minimum atomic E-state index is 0.333. The van der Waals surface area contributed by atoms with Crippen LogP contribution in [0.5, 0.6) is 0 Å². The maximum Gasteiger partial charge on any atom is 0.154 e. The number of likely N-dealkylation sites (N-methyl/N-ethyl adjacent to an activating group) is 1. The summed E-state index contributed by atoms with van der Waals surface area (Å²) in [5, 5.41) is 7.99. The van der Waals surface area contributed by atoms with Gasteiger partial charge in [-0.05, 0) is 19.9 Å². The molecule has 0 amide bonds. The fourth-order valence-corrected chi connectivity index (χ4v) is 3.37. The van der Waals surface area contributed by atoms with E-state index in [0.717, 1.165) is 24.9 Å². The largest absolute Gasteiger partial charge is 0.379 e. The summed E-state index contributed by atoms with van der Waals surface area (Å²) in [5.74, 6) is 3.04. The monoisotopic (exact) mass is 264 g/mol. The standard InChI is InChI=1S/C14H24N4O/c1-15-12-9-19-8-11(12)14-16-13(17-18(14)2)10-6-4-3-5-7-10/h10-12,15H,3-9H2,1-2H3. The van der Waals surface area contributed by atoms with E-state index in [0.29, 0.717) is 17.9 Å². The van der Waals surface area contributed by atoms with Gasteiger partial charge in [-0.2, -0.15) is 5.10 Å². The first-order valence-electron chi connectivity index (χ1n) is 7.45. The van der Waals surface area contributed by atoms with Crippen LogP contribution < -0.4 is 5.32 Å². The maximum atomic E-state index is 5.58. The van der Waals surface area contributed by atoms with Crippen molar-refractivity contribution in [2.24, 2.45) is 7.05 Å². The Bertz CT molecular complexity index is 425. The number of aromatic nitrogens is 3. The molecule has 0 aromatic carbocycles. The van der Waals surface area contributed by atoms with Gasteiger partial charge < -0.3 is 10.1 Å². The molecular formula is C14H24N4O. The van der Waals surface area contributed by atoms with Gasteiger partial charge in [-0.25, -0.2) is 4.98 Å². The third-order valence-electron chi connectivity index (χ3n) is 4.57. The molecule has 2 unspecified atom stereocenters. The van der Waals surface area contributed by atoms with Gasteiger partial charge in [0.15, 0.2) is 5.82 Å². The van der Waals surface area contributed by atoms with Crippen molar-refractivity contribution in [1.82, 2.24) is 20.1 Å². The van der Waals surface area contributed by atoms with Crippen molar-refractivity contribution in [2.45, 2.75) is 50.0 Å². The number of rotatable bonds is 3. The zero-order chi connectivity index (χ0) is 13.2. The highest BCUT2D eigenvalue weighted by Crippen LogP contribution is 2.32. The van der Waals surface area contributed by atoms with E-state index in [1.807, 2.05) is 18.8 Å². The summed E-state index contributed by atoms with van der Waals surface area (Å²) < 4.78 is 7.55. The van der Waals surface area contributed by atoms with Crippen molar-refractivity contribution in [1.29, 1.82) is 0 Å². The number of hydrogen-bond acceptors (Lipinski definition) is 4. The second-order valence-electron chi connectivity index (χ2n) is 5.83. The predicted molar refractivity (Wildman–Crippen MR) is 73.2 cm³/mol. The number of nitrogens with one attached hydrogen (secondary N) is 1. The van der Waals surface area contributed by atoms with E-state index < -0.39 is 0 Å². The Balaban J connectivity index is 1.80. The van der Waals surface area contributed by atoms with E-state index in [9.17, 15) is 0 Å². The van der Waals surface area contributed by atoms with E-state index in [4.69, 9.17) is 9.72 Å². The lowest BCUT2D eigenvalue weighted by molar-refractivity contribution is 0.187. The first kappa shape index (κ1) is 13.1. The normalized spacial score (nSPS) is 28.9. The van der Waals surface area contributed by atoms with Crippen LogP contribution in [0.3, 0.4) is 0 Å². The Morgan fingerprint density at radius 3 is 2.74 bits per heavy atom. The second kappa shape index (κ2) is 5.59. The van der Waals surface area contributed by atoms with E-state index in [-0.39, 0.29) is 0 Å². The van der Waals surface area contributed by atoms with Gasteiger partial charge >= 0.3 is 0 Å². The lowest BCUT2D eigenvalue weighted by atomic mass is 9.89. The molecule has 1 aromatic rings. The smallest absolute Gasteiger partial charge is 0.154 e. The Labute approximate surface area is 114 Å². The quantitative estimate of drug-likeness (QED) is 0.900. The number of ether oxygens (including phenoxy) is 1. The predicted octanol–water partition coefficient (Wildman–Crippen LogP) is 1.56. The Morgan fingerprint density at radius 1 is 1.21 bits per heavy atom. The highest BCUT2D eigenvalue weighted by Gasteiger charge is 2.33. The van der Waals surface area contributed by atoms with E-state index in [2.05, 4.69) is 10.4 Å². The Kier molecular flexibility index (Phi) is 3.84. The summed E-state index contributed by atoms with van der Waals surface area (Å²) in [6, 6.07) is 0.363. The zero-order valence-electron chi connectivity index (χ0n) is 11.9. The van der Waals surface area contributed by atoms with Crippen LogP contribution in [0.2, 0.25) is 0 Å². The van der Waals surface area contributed by atoms with E-state index in [1.54, 1.807) is 0 Å². The molecule has 2 aliphatic rings. The van der Waals surface area contributed by atoms with Crippen molar-refractivity contribution >= 4 is 0 Å². The summed E-state index contributed by atoms with van der Waals surface area (Å²) in [6.07, 6.45) is 6.52. The molecular weight excluding hydrogens is 240 g/mol. The van der Waals surface area contributed by atoms with Crippen LogP contribution >= 0.6 is 0 Å². The fraction of sp³-hybridized carbons (Fsp3) is 0.857. The molecule has 1 saturated carbocycles. The summed E-state index contributed by atoms with van der Waals surface area (Å²) >= 11 is 0. The van der Waals surface area contributed by atoms with Crippen LogP contribution in [0.15, 0.2) is 0 Å². The minimum absolute atomic E-state index is 0.333. The van der Waals surface area contributed by atoms with Crippen molar-refractivity contribution < 1.29 is 4.74 Å². The van der Waals surface area contributed by atoms with Gasteiger partial charge in [0.2, 0.25) is 0 Å². The Morgan fingerprint density at radius 2 is 2.00 bits per heavy atom. The number of nitrogens with zero attached hydrogens (tertiary/aromatic N) is 3.